The molecule has 0 N–H and O–H groups in total. The van der Waals surface area contributed by atoms with E-state index in [1.165, 1.54) is 6.20 Å². The minimum absolute atomic E-state index is 0.00843. The maximum Gasteiger partial charge on any atom is 0.185 e. The van der Waals surface area contributed by atoms with E-state index in [-0.39, 0.29) is 11.7 Å². The van der Waals surface area contributed by atoms with Gasteiger partial charge in [-0.1, -0.05) is 26.0 Å². The van der Waals surface area contributed by atoms with Gasteiger partial charge in [-0.2, -0.15) is 0 Å². The molecule has 13 heavy (non-hydrogen) atoms. The van der Waals surface area contributed by atoms with Crippen LogP contribution in [0.1, 0.15) is 37.7 Å². The van der Waals surface area contributed by atoms with E-state index in [4.69, 9.17) is 0 Å². The third-order valence-electron chi connectivity index (χ3n) is 1.83. The predicted molar refractivity (Wildman–Crippen MR) is 49.5 cm³/mol. The normalized spacial score (nSPS) is 10.8. The molecule has 72 valence electrons. The maximum absolute atomic E-state index is 11.6. The monoisotopic (exact) mass is 181 g/mol. The van der Waals surface area contributed by atoms with Crippen LogP contribution in [0.5, 0.6) is 0 Å². The maximum atomic E-state index is 11.6. The molecule has 0 amide bonds. The van der Waals surface area contributed by atoms with Crippen molar-refractivity contribution in [2.75, 3.05) is 0 Å². The molecule has 0 aliphatic rings. The van der Waals surface area contributed by atoms with E-state index in [1.807, 2.05) is 20.8 Å². The molecule has 1 aromatic rings. The zero-order valence-electron chi connectivity index (χ0n) is 8.32. The Bertz CT molecular complexity index is 291. The lowest BCUT2D eigenvalue weighted by Crippen LogP contribution is -2.14. The quantitative estimate of drug-likeness (QED) is 0.662. The van der Waals surface area contributed by atoms with E-state index < -0.39 is 0 Å². The molecule has 0 aromatic carbocycles. The number of hydrogen-bond donors (Lipinski definition) is 0. The van der Waals surface area contributed by atoms with Crippen LogP contribution >= 0.6 is 0 Å². The number of rotatable bonds is 4. The van der Waals surface area contributed by atoms with Gasteiger partial charge in [0.2, 0.25) is 0 Å². The van der Waals surface area contributed by atoms with Gasteiger partial charge >= 0.3 is 0 Å². The van der Waals surface area contributed by atoms with Gasteiger partial charge in [0.15, 0.2) is 5.78 Å². The van der Waals surface area contributed by atoms with Gasteiger partial charge in [0, 0.05) is 12.5 Å². The molecule has 4 nitrogen and oxygen atoms in total. The summed E-state index contributed by atoms with van der Waals surface area (Å²) in [5.74, 6) is 0.118. The Kier molecular flexibility index (Phi) is 3.17. The van der Waals surface area contributed by atoms with Gasteiger partial charge in [-0.25, -0.2) is 4.68 Å². The zero-order valence-corrected chi connectivity index (χ0v) is 8.32. The van der Waals surface area contributed by atoms with Crippen LogP contribution in [0.3, 0.4) is 0 Å². The minimum atomic E-state index is 0.00843. The summed E-state index contributed by atoms with van der Waals surface area (Å²) in [6.45, 7) is 6.57. The van der Waals surface area contributed by atoms with Gasteiger partial charge in [0.05, 0.1) is 6.20 Å². The first-order valence-electron chi connectivity index (χ1n) is 4.59. The molecule has 0 aliphatic carbocycles. The highest BCUT2D eigenvalue weighted by molar-refractivity contribution is 5.95. The Morgan fingerprint density at radius 3 is 2.85 bits per heavy atom. The van der Waals surface area contributed by atoms with Crippen LogP contribution in [0.4, 0.5) is 0 Å². The Labute approximate surface area is 77.9 Å². The van der Waals surface area contributed by atoms with Crippen LogP contribution in [-0.4, -0.2) is 20.8 Å². The van der Waals surface area contributed by atoms with Crippen molar-refractivity contribution in [2.45, 2.75) is 33.7 Å². The summed E-state index contributed by atoms with van der Waals surface area (Å²) >= 11 is 0. The number of Topliss-reactive ketones (excluding diaryl/α,β-unsaturated/α-hetero) is 1. The Morgan fingerprint density at radius 1 is 1.62 bits per heavy atom. The van der Waals surface area contributed by atoms with Crippen LogP contribution in [-0.2, 0) is 6.54 Å². The second-order valence-electron chi connectivity index (χ2n) is 3.36. The highest BCUT2D eigenvalue weighted by Crippen LogP contribution is 2.06. The van der Waals surface area contributed by atoms with Crippen molar-refractivity contribution in [1.82, 2.24) is 15.0 Å². The molecule has 1 rings (SSSR count). The van der Waals surface area contributed by atoms with E-state index >= 15 is 0 Å². The summed E-state index contributed by atoms with van der Waals surface area (Å²) in [6, 6.07) is 0. The molecule has 0 radical (unpaired) electrons. The number of aryl methyl sites for hydroxylation is 1. The smallest absolute Gasteiger partial charge is 0.185 e. The molecule has 0 unspecified atom stereocenters. The van der Waals surface area contributed by atoms with Gasteiger partial charge in [0.1, 0.15) is 5.69 Å². The van der Waals surface area contributed by atoms with E-state index in [9.17, 15) is 4.79 Å². The molecule has 0 spiro atoms. The van der Waals surface area contributed by atoms with Gasteiger partial charge in [0.25, 0.3) is 0 Å². The summed E-state index contributed by atoms with van der Waals surface area (Å²) in [6.07, 6.45) is 2.50. The van der Waals surface area contributed by atoms with Crippen LogP contribution < -0.4 is 0 Å². The van der Waals surface area contributed by atoms with E-state index in [2.05, 4.69) is 10.3 Å². The summed E-state index contributed by atoms with van der Waals surface area (Å²) in [7, 11) is 0. The van der Waals surface area contributed by atoms with Gasteiger partial charge in [-0.05, 0) is 6.42 Å². The van der Waals surface area contributed by atoms with Gasteiger partial charge in [-0.3, -0.25) is 4.79 Å². The molecule has 1 aromatic heterocycles. The molecule has 0 aliphatic heterocycles. The fourth-order valence-corrected chi connectivity index (χ4v) is 1.12. The lowest BCUT2D eigenvalue weighted by molar-refractivity contribution is 0.0928. The highest BCUT2D eigenvalue weighted by Gasteiger charge is 2.15. The van der Waals surface area contributed by atoms with Crippen molar-refractivity contribution in [3.8, 4) is 0 Å². The highest BCUT2D eigenvalue weighted by atomic mass is 16.1. The molecular weight excluding hydrogens is 166 g/mol. The second kappa shape index (κ2) is 4.16. The zero-order chi connectivity index (χ0) is 9.84. The standard InChI is InChI=1S/C9H15N3O/c1-4-5-12-8(6-10-11-12)9(13)7(2)3/h6-7H,4-5H2,1-3H3. The summed E-state index contributed by atoms with van der Waals surface area (Å²) in [5.41, 5.74) is 0.622. The lowest BCUT2D eigenvalue weighted by atomic mass is 10.1. The number of ketones is 1. The third kappa shape index (κ3) is 2.14. The van der Waals surface area contributed by atoms with Gasteiger partial charge in [-0.15, -0.1) is 5.10 Å². The topological polar surface area (TPSA) is 47.8 Å². The first-order chi connectivity index (χ1) is 6.16. The Morgan fingerprint density at radius 2 is 2.31 bits per heavy atom. The van der Waals surface area contributed by atoms with Crippen LogP contribution in [0, 0.1) is 5.92 Å². The molecule has 0 saturated carbocycles. The van der Waals surface area contributed by atoms with E-state index in [0.29, 0.717) is 5.69 Å². The molecule has 0 saturated heterocycles. The molecule has 0 fully saturated rings. The number of hydrogen-bond acceptors (Lipinski definition) is 3. The Hall–Kier alpha value is -1.19. The average molecular weight is 181 g/mol. The van der Waals surface area contributed by atoms with Crippen LogP contribution in [0.25, 0.3) is 0 Å². The van der Waals surface area contributed by atoms with Crippen molar-refractivity contribution in [3.05, 3.63) is 11.9 Å². The van der Waals surface area contributed by atoms with Crippen molar-refractivity contribution in [3.63, 3.8) is 0 Å². The summed E-state index contributed by atoms with van der Waals surface area (Å²) < 4.78 is 1.67. The molecule has 0 atom stereocenters. The minimum Gasteiger partial charge on any atom is -0.292 e. The SMILES string of the molecule is CCCn1nncc1C(=O)C(C)C. The first kappa shape index (κ1) is 9.89. The fourth-order valence-electron chi connectivity index (χ4n) is 1.12. The average Bonchev–Trinajstić information content (AvgIpc) is 2.52. The number of aromatic nitrogens is 3. The van der Waals surface area contributed by atoms with Gasteiger partial charge < -0.3 is 0 Å². The first-order valence-corrected chi connectivity index (χ1v) is 4.59. The fraction of sp³-hybridized carbons (Fsp3) is 0.667. The van der Waals surface area contributed by atoms with E-state index in [0.717, 1.165) is 13.0 Å². The predicted octanol–water partition coefficient (Wildman–Crippen LogP) is 1.53. The van der Waals surface area contributed by atoms with E-state index in [1.54, 1.807) is 4.68 Å². The van der Waals surface area contributed by atoms with Crippen molar-refractivity contribution < 1.29 is 4.79 Å². The summed E-state index contributed by atoms with van der Waals surface area (Å²) in [4.78, 5) is 11.6. The largest absolute Gasteiger partial charge is 0.292 e. The Balaban J connectivity index is 2.87. The lowest BCUT2D eigenvalue weighted by Gasteiger charge is -2.05. The second-order valence-corrected chi connectivity index (χ2v) is 3.36. The number of carbonyl (C=O) groups is 1. The number of carbonyl (C=O) groups excluding carboxylic acids is 1. The third-order valence-corrected chi connectivity index (χ3v) is 1.83. The van der Waals surface area contributed by atoms with Crippen molar-refractivity contribution in [2.24, 2.45) is 5.92 Å². The molecule has 4 heteroatoms. The van der Waals surface area contributed by atoms with Crippen molar-refractivity contribution in [1.29, 1.82) is 0 Å². The summed E-state index contributed by atoms with van der Waals surface area (Å²) in [5, 5.41) is 7.59. The molecule has 1 heterocycles. The van der Waals surface area contributed by atoms with Crippen LogP contribution in [0.2, 0.25) is 0 Å². The van der Waals surface area contributed by atoms with Crippen molar-refractivity contribution >= 4 is 5.78 Å². The van der Waals surface area contributed by atoms with Crippen LogP contribution in [0.15, 0.2) is 6.20 Å². The molecule has 0 bridgehead atoms. The number of nitrogens with zero attached hydrogens (tertiary/aromatic N) is 3. The molecular formula is C9H15N3O.